The molecule has 2 nitrogen and oxygen atoms in total. The predicted molar refractivity (Wildman–Crippen MR) is 60.3 cm³/mol. The third kappa shape index (κ3) is 3.40. The van der Waals surface area contributed by atoms with Crippen molar-refractivity contribution in [2.24, 2.45) is 0 Å². The maximum atomic E-state index is 9.49. The van der Waals surface area contributed by atoms with Gasteiger partial charge in [-0.15, -0.1) is 23.4 Å². The molecule has 0 aromatic heterocycles. The molecule has 0 aliphatic carbocycles. The number of halogens is 1. The molecule has 0 spiro atoms. The van der Waals surface area contributed by atoms with E-state index in [9.17, 15) is 10.2 Å². The van der Waals surface area contributed by atoms with E-state index in [1.807, 2.05) is 19.1 Å². The number of hydrogen-bond acceptors (Lipinski definition) is 3. The summed E-state index contributed by atoms with van der Waals surface area (Å²) in [5, 5.41) is 18.7. The molecule has 0 amide bonds. The van der Waals surface area contributed by atoms with Gasteiger partial charge in [-0.2, -0.15) is 0 Å². The number of alkyl halides is 1. The lowest BCUT2D eigenvalue weighted by molar-refractivity contribution is 0.223. The number of hydrogen-bond donors (Lipinski definition) is 2. The third-order valence-corrected chi connectivity index (χ3v) is 3.27. The lowest BCUT2D eigenvalue weighted by Gasteiger charge is -2.08. The molecule has 78 valence electrons. The van der Waals surface area contributed by atoms with E-state index in [1.165, 1.54) is 11.8 Å². The quantitative estimate of drug-likeness (QED) is 0.619. The minimum Gasteiger partial charge on any atom is -0.507 e. The first-order valence-corrected chi connectivity index (χ1v) is 5.82. The molecule has 0 aliphatic heterocycles. The van der Waals surface area contributed by atoms with Crippen molar-refractivity contribution in [3.63, 3.8) is 0 Å². The van der Waals surface area contributed by atoms with Crippen LogP contribution < -0.4 is 0 Å². The topological polar surface area (TPSA) is 40.5 Å². The number of aliphatic hydroxyl groups is 1. The highest BCUT2D eigenvalue weighted by atomic mass is 35.5. The van der Waals surface area contributed by atoms with Gasteiger partial charge in [0.1, 0.15) is 5.75 Å². The Morgan fingerprint density at radius 1 is 1.50 bits per heavy atom. The number of thioether (sulfide) groups is 1. The average Bonchev–Trinajstić information content (AvgIpc) is 2.19. The van der Waals surface area contributed by atoms with Crippen molar-refractivity contribution < 1.29 is 10.2 Å². The summed E-state index contributed by atoms with van der Waals surface area (Å²) in [4.78, 5) is 0.786. The van der Waals surface area contributed by atoms with Gasteiger partial charge in [0.25, 0.3) is 0 Å². The molecule has 1 aromatic carbocycles. The van der Waals surface area contributed by atoms with Crippen molar-refractivity contribution in [2.75, 3.05) is 11.6 Å². The summed E-state index contributed by atoms with van der Waals surface area (Å²) < 4.78 is 0. The van der Waals surface area contributed by atoms with Crippen LogP contribution in [-0.2, 0) is 0 Å². The van der Waals surface area contributed by atoms with Crippen LogP contribution >= 0.6 is 23.4 Å². The Balaban J connectivity index is 2.62. The van der Waals surface area contributed by atoms with Crippen LogP contribution in [-0.4, -0.2) is 27.9 Å². The van der Waals surface area contributed by atoms with E-state index < -0.39 is 6.10 Å². The summed E-state index contributed by atoms with van der Waals surface area (Å²) in [5.74, 6) is 0.975. The zero-order valence-corrected chi connectivity index (χ0v) is 9.48. The molecule has 0 saturated heterocycles. The summed E-state index contributed by atoms with van der Waals surface area (Å²) in [7, 11) is 0. The van der Waals surface area contributed by atoms with Crippen LogP contribution in [0.3, 0.4) is 0 Å². The van der Waals surface area contributed by atoms with Crippen molar-refractivity contribution in [3.8, 4) is 5.75 Å². The molecule has 1 atom stereocenters. The van der Waals surface area contributed by atoms with Crippen molar-refractivity contribution in [2.45, 2.75) is 17.9 Å². The second kappa shape index (κ2) is 5.49. The smallest absolute Gasteiger partial charge is 0.129 e. The summed E-state index contributed by atoms with van der Waals surface area (Å²) in [5.41, 5.74) is 1.09. The molecule has 0 fully saturated rings. The van der Waals surface area contributed by atoms with Crippen LogP contribution in [0.5, 0.6) is 5.75 Å². The van der Waals surface area contributed by atoms with Crippen LogP contribution in [0, 0.1) is 6.92 Å². The molecule has 0 saturated carbocycles. The first-order chi connectivity index (χ1) is 6.63. The fourth-order valence-corrected chi connectivity index (χ4v) is 2.18. The predicted octanol–water partition coefficient (Wildman–Crippen LogP) is 2.39. The number of benzene rings is 1. The van der Waals surface area contributed by atoms with Gasteiger partial charge >= 0.3 is 0 Å². The second-order valence-corrected chi connectivity index (χ2v) is 4.46. The minimum absolute atomic E-state index is 0.222. The number of phenolic OH excluding ortho intramolecular Hbond substituents is 1. The fraction of sp³-hybridized carbons (Fsp3) is 0.400. The largest absolute Gasteiger partial charge is 0.507 e. The molecule has 4 heteroatoms. The van der Waals surface area contributed by atoms with Gasteiger partial charge in [-0.25, -0.2) is 0 Å². The van der Waals surface area contributed by atoms with Crippen molar-refractivity contribution in [1.29, 1.82) is 0 Å². The highest BCUT2D eigenvalue weighted by molar-refractivity contribution is 7.99. The number of phenols is 1. The molecule has 0 heterocycles. The summed E-state index contributed by atoms with van der Waals surface area (Å²) >= 11 is 6.87. The average molecular weight is 233 g/mol. The van der Waals surface area contributed by atoms with E-state index >= 15 is 0 Å². The van der Waals surface area contributed by atoms with E-state index in [2.05, 4.69) is 0 Å². The van der Waals surface area contributed by atoms with Gasteiger partial charge in [0.15, 0.2) is 0 Å². The number of aliphatic hydroxyl groups excluding tert-OH is 1. The van der Waals surface area contributed by atoms with Crippen molar-refractivity contribution in [1.82, 2.24) is 0 Å². The number of aryl methyl sites for hydroxylation is 1. The lowest BCUT2D eigenvalue weighted by Crippen LogP contribution is -2.10. The highest BCUT2D eigenvalue weighted by Crippen LogP contribution is 2.29. The maximum absolute atomic E-state index is 9.49. The molecule has 0 radical (unpaired) electrons. The number of aromatic hydroxyl groups is 1. The Bertz CT molecular complexity index is 304. The Morgan fingerprint density at radius 2 is 2.21 bits per heavy atom. The highest BCUT2D eigenvalue weighted by Gasteiger charge is 2.06. The van der Waals surface area contributed by atoms with E-state index in [1.54, 1.807) is 6.07 Å². The zero-order valence-electron chi connectivity index (χ0n) is 7.90. The van der Waals surface area contributed by atoms with E-state index in [0.717, 1.165) is 10.5 Å². The van der Waals surface area contributed by atoms with E-state index in [-0.39, 0.29) is 11.6 Å². The van der Waals surface area contributed by atoms with Gasteiger partial charge in [-0.3, -0.25) is 0 Å². The molecular weight excluding hydrogens is 220 g/mol. The van der Waals surface area contributed by atoms with Gasteiger partial charge < -0.3 is 10.2 Å². The van der Waals surface area contributed by atoms with Gasteiger partial charge in [0.05, 0.1) is 6.10 Å². The van der Waals surface area contributed by atoms with E-state index in [4.69, 9.17) is 11.6 Å². The summed E-state index contributed by atoms with van der Waals surface area (Å²) in [6.45, 7) is 1.96. The standard InChI is InChI=1S/C10H13ClO2S/c1-7-2-3-9(13)10(4-7)14-6-8(12)5-11/h2-4,8,12-13H,5-6H2,1H3. The van der Waals surface area contributed by atoms with Crippen LogP contribution in [0.4, 0.5) is 0 Å². The SMILES string of the molecule is Cc1ccc(O)c(SCC(O)CCl)c1. The van der Waals surface area contributed by atoms with Crippen LogP contribution in [0.2, 0.25) is 0 Å². The Hall–Kier alpha value is -0.380. The molecule has 0 aliphatic rings. The molecule has 1 aromatic rings. The molecule has 1 rings (SSSR count). The third-order valence-electron chi connectivity index (χ3n) is 1.72. The molecule has 1 unspecified atom stereocenters. The van der Waals surface area contributed by atoms with Gasteiger partial charge in [0.2, 0.25) is 0 Å². The first-order valence-electron chi connectivity index (χ1n) is 4.30. The lowest BCUT2D eigenvalue weighted by atomic mass is 10.2. The fourth-order valence-electron chi connectivity index (χ4n) is 0.967. The van der Waals surface area contributed by atoms with Gasteiger partial charge in [-0.05, 0) is 24.6 Å². The van der Waals surface area contributed by atoms with Gasteiger partial charge in [0, 0.05) is 16.5 Å². The van der Waals surface area contributed by atoms with Crippen LogP contribution in [0.25, 0.3) is 0 Å². The van der Waals surface area contributed by atoms with Crippen LogP contribution in [0.1, 0.15) is 5.56 Å². The Morgan fingerprint density at radius 3 is 2.86 bits per heavy atom. The monoisotopic (exact) mass is 232 g/mol. The number of rotatable bonds is 4. The Kier molecular flexibility index (Phi) is 4.58. The van der Waals surface area contributed by atoms with Crippen LogP contribution in [0.15, 0.2) is 23.1 Å². The first kappa shape index (κ1) is 11.7. The second-order valence-electron chi connectivity index (χ2n) is 3.09. The molecule has 0 bridgehead atoms. The molecule has 14 heavy (non-hydrogen) atoms. The van der Waals surface area contributed by atoms with Crippen molar-refractivity contribution in [3.05, 3.63) is 23.8 Å². The van der Waals surface area contributed by atoms with E-state index in [0.29, 0.717) is 5.75 Å². The minimum atomic E-state index is -0.526. The zero-order chi connectivity index (χ0) is 10.6. The molecular formula is C10H13ClO2S. The van der Waals surface area contributed by atoms with Gasteiger partial charge in [-0.1, -0.05) is 6.07 Å². The Labute approximate surface area is 92.9 Å². The summed E-state index contributed by atoms with van der Waals surface area (Å²) in [6.07, 6.45) is -0.526. The van der Waals surface area contributed by atoms with Crippen molar-refractivity contribution >= 4 is 23.4 Å². The summed E-state index contributed by atoms with van der Waals surface area (Å²) in [6, 6.07) is 5.39. The molecule has 2 N–H and O–H groups in total. The maximum Gasteiger partial charge on any atom is 0.129 e. The normalized spacial score (nSPS) is 12.8.